The molecule has 0 saturated heterocycles. The Labute approximate surface area is 138 Å². The minimum absolute atomic E-state index is 0.136. The number of hydrogen-bond donors (Lipinski definition) is 2. The zero-order valence-corrected chi connectivity index (χ0v) is 12.9. The van der Waals surface area contributed by atoms with Crippen molar-refractivity contribution in [2.45, 2.75) is 6.92 Å². The van der Waals surface area contributed by atoms with Crippen LogP contribution < -0.4 is 10.6 Å². The molecule has 0 bridgehead atoms. The van der Waals surface area contributed by atoms with Gasteiger partial charge in [-0.15, -0.1) is 0 Å². The zero-order valence-electron chi connectivity index (χ0n) is 12.9. The first-order valence-electron chi connectivity index (χ1n) is 7.36. The summed E-state index contributed by atoms with van der Waals surface area (Å²) < 4.78 is 0. The molecule has 3 rings (SSSR count). The number of fused-ring (bicyclic) bond motifs is 1. The number of para-hydroxylation sites is 1. The summed E-state index contributed by atoms with van der Waals surface area (Å²) >= 11 is 0. The molecule has 2 N–H and O–H groups in total. The van der Waals surface area contributed by atoms with E-state index >= 15 is 0 Å². The molecule has 6 nitrogen and oxygen atoms in total. The number of nitro groups is 1. The van der Waals surface area contributed by atoms with Crippen molar-refractivity contribution in [2.75, 3.05) is 10.6 Å². The highest BCUT2D eigenvalue weighted by atomic mass is 16.6. The van der Waals surface area contributed by atoms with E-state index in [0.717, 1.165) is 10.8 Å². The fraction of sp³-hybridized carbons (Fsp3) is 0.0556. The number of hydrogen-bond acceptors (Lipinski definition) is 3. The normalized spacial score (nSPS) is 10.4. The number of carbonyl (C=O) groups is 1. The Morgan fingerprint density at radius 2 is 1.67 bits per heavy atom. The molecule has 2 amide bonds. The summed E-state index contributed by atoms with van der Waals surface area (Å²) in [6.07, 6.45) is 0. The van der Waals surface area contributed by atoms with Crippen molar-refractivity contribution >= 4 is 33.9 Å². The van der Waals surface area contributed by atoms with Crippen LogP contribution in [0.15, 0.2) is 60.7 Å². The quantitative estimate of drug-likeness (QED) is 0.541. The highest BCUT2D eigenvalue weighted by Gasteiger charge is 2.18. The Kier molecular flexibility index (Phi) is 4.11. The van der Waals surface area contributed by atoms with Crippen molar-refractivity contribution in [3.63, 3.8) is 0 Å². The number of aryl methyl sites for hydroxylation is 1. The van der Waals surface area contributed by atoms with E-state index in [9.17, 15) is 14.9 Å². The predicted octanol–water partition coefficient (Wildman–Crippen LogP) is 4.70. The Balaban J connectivity index is 1.88. The van der Waals surface area contributed by atoms with E-state index in [2.05, 4.69) is 10.6 Å². The van der Waals surface area contributed by atoms with Crippen LogP contribution in [0.3, 0.4) is 0 Å². The van der Waals surface area contributed by atoms with Gasteiger partial charge < -0.3 is 10.6 Å². The molecular formula is C18H15N3O3. The van der Waals surface area contributed by atoms with Crippen molar-refractivity contribution in [1.82, 2.24) is 0 Å². The molecule has 24 heavy (non-hydrogen) atoms. The summed E-state index contributed by atoms with van der Waals surface area (Å²) in [5, 5.41) is 18.4. The monoisotopic (exact) mass is 321 g/mol. The van der Waals surface area contributed by atoms with Gasteiger partial charge in [0.05, 0.1) is 10.6 Å². The van der Waals surface area contributed by atoms with Crippen LogP contribution in [0.25, 0.3) is 10.8 Å². The topological polar surface area (TPSA) is 84.3 Å². The third-order valence-electron chi connectivity index (χ3n) is 3.72. The van der Waals surface area contributed by atoms with Gasteiger partial charge in [-0.1, -0.05) is 48.5 Å². The molecule has 0 aromatic heterocycles. The number of amides is 2. The average molecular weight is 321 g/mol. The Morgan fingerprint density at radius 3 is 2.46 bits per heavy atom. The zero-order chi connectivity index (χ0) is 17.1. The number of carbonyl (C=O) groups excluding carboxylic acids is 1. The summed E-state index contributed by atoms with van der Waals surface area (Å²) in [5.74, 6) is 0. The lowest BCUT2D eigenvalue weighted by Gasteiger charge is -2.12. The number of nitro benzene ring substituents is 1. The van der Waals surface area contributed by atoms with Gasteiger partial charge in [-0.3, -0.25) is 10.1 Å². The fourth-order valence-corrected chi connectivity index (χ4v) is 2.57. The molecule has 0 aliphatic carbocycles. The van der Waals surface area contributed by atoms with E-state index in [4.69, 9.17) is 0 Å². The van der Waals surface area contributed by atoms with Crippen LogP contribution >= 0.6 is 0 Å². The molecule has 0 aliphatic heterocycles. The molecule has 3 aromatic carbocycles. The second-order valence-electron chi connectivity index (χ2n) is 5.33. The van der Waals surface area contributed by atoms with E-state index < -0.39 is 11.0 Å². The third-order valence-corrected chi connectivity index (χ3v) is 3.72. The van der Waals surface area contributed by atoms with Crippen LogP contribution in [-0.2, 0) is 0 Å². The summed E-state index contributed by atoms with van der Waals surface area (Å²) in [5.41, 5.74) is 1.32. The van der Waals surface area contributed by atoms with Crippen molar-refractivity contribution in [3.05, 3.63) is 76.3 Å². The maximum atomic E-state index is 12.3. The van der Waals surface area contributed by atoms with Crippen molar-refractivity contribution in [1.29, 1.82) is 0 Å². The number of nitrogens with zero attached hydrogens (tertiary/aromatic N) is 1. The van der Waals surface area contributed by atoms with Crippen molar-refractivity contribution in [3.8, 4) is 0 Å². The van der Waals surface area contributed by atoms with Crippen LogP contribution in [0.2, 0.25) is 0 Å². The van der Waals surface area contributed by atoms with Crippen LogP contribution in [0.4, 0.5) is 21.9 Å². The smallest absolute Gasteiger partial charge is 0.307 e. The average Bonchev–Trinajstić information content (AvgIpc) is 2.57. The SMILES string of the molecule is Cc1cccc([N+](=O)[O-])c1NC(=O)Nc1cccc2ccccc12. The third kappa shape index (κ3) is 3.03. The maximum Gasteiger partial charge on any atom is 0.323 e. The van der Waals surface area contributed by atoms with Crippen LogP contribution in [0.5, 0.6) is 0 Å². The van der Waals surface area contributed by atoms with E-state index in [1.165, 1.54) is 6.07 Å². The molecule has 0 radical (unpaired) electrons. The summed E-state index contributed by atoms with van der Waals surface area (Å²) in [7, 11) is 0. The predicted molar refractivity (Wildman–Crippen MR) is 94.4 cm³/mol. The van der Waals surface area contributed by atoms with E-state index in [0.29, 0.717) is 11.3 Å². The number of benzene rings is 3. The second kappa shape index (κ2) is 6.37. The highest BCUT2D eigenvalue weighted by Crippen LogP contribution is 2.28. The molecule has 0 aliphatic rings. The lowest BCUT2D eigenvalue weighted by atomic mass is 10.1. The maximum absolute atomic E-state index is 12.3. The number of rotatable bonds is 3. The first kappa shape index (κ1) is 15.5. The minimum atomic E-state index is -0.524. The molecule has 6 heteroatoms. The summed E-state index contributed by atoms with van der Waals surface area (Å²) in [6.45, 7) is 1.71. The van der Waals surface area contributed by atoms with Crippen LogP contribution in [0.1, 0.15) is 5.56 Å². The molecule has 0 fully saturated rings. The molecule has 0 spiro atoms. The van der Waals surface area contributed by atoms with Gasteiger partial charge in [-0.05, 0) is 23.9 Å². The van der Waals surface area contributed by atoms with Gasteiger partial charge in [-0.2, -0.15) is 0 Å². The van der Waals surface area contributed by atoms with Gasteiger partial charge in [0, 0.05) is 11.5 Å². The van der Waals surface area contributed by atoms with Crippen LogP contribution in [0, 0.1) is 17.0 Å². The molecule has 3 aromatic rings. The van der Waals surface area contributed by atoms with Gasteiger partial charge in [-0.25, -0.2) is 4.79 Å². The van der Waals surface area contributed by atoms with Gasteiger partial charge >= 0.3 is 6.03 Å². The molecule has 120 valence electrons. The Morgan fingerprint density at radius 1 is 0.958 bits per heavy atom. The second-order valence-corrected chi connectivity index (χ2v) is 5.33. The molecular weight excluding hydrogens is 306 g/mol. The largest absolute Gasteiger partial charge is 0.323 e. The van der Waals surface area contributed by atoms with E-state index in [1.807, 2.05) is 36.4 Å². The van der Waals surface area contributed by atoms with Gasteiger partial charge in [0.2, 0.25) is 0 Å². The number of anilines is 2. The van der Waals surface area contributed by atoms with Crippen molar-refractivity contribution in [2.24, 2.45) is 0 Å². The minimum Gasteiger partial charge on any atom is -0.307 e. The first-order valence-corrected chi connectivity index (χ1v) is 7.36. The van der Waals surface area contributed by atoms with Gasteiger partial charge in [0.1, 0.15) is 5.69 Å². The van der Waals surface area contributed by atoms with Gasteiger partial charge in [0.15, 0.2) is 0 Å². The molecule has 0 atom stereocenters. The molecule has 0 heterocycles. The molecule has 0 saturated carbocycles. The number of urea groups is 1. The first-order chi connectivity index (χ1) is 11.6. The highest BCUT2D eigenvalue weighted by molar-refractivity contribution is 6.07. The fourth-order valence-electron chi connectivity index (χ4n) is 2.57. The van der Waals surface area contributed by atoms with Crippen LogP contribution in [-0.4, -0.2) is 11.0 Å². The van der Waals surface area contributed by atoms with Crippen molar-refractivity contribution < 1.29 is 9.72 Å². The Hall–Kier alpha value is -3.41. The van der Waals surface area contributed by atoms with Gasteiger partial charge in [0.25, 0.3) is 5.69 Å². The Bertz CT molecular complexity index is 932. The van der Waals surface area contributed by atoms with E-state index in [-0.39, 0.29) is 11.4 Å². The lowest BCUT2D eigenvalue weighted by molar-refractivity contribution is -0.383. The lowest BCUT2D eigenvalue weighted by Crippen LogP contribution is -2.20. The standard InChI is InChI=1S/C18H15N3O3/c1-12-6-4-11-16(21(23)24)17(12)20-18(22)19-15-10-5-8-13-7-2-3-9-14(13)15/h2-11H,1H3,(H2,19,20,22). The number of nitrogens with one attached hydrogen (secondary N) is 2. The van der Waals surface area contributed by atoms with E-state index in [1.54, 1.807) is 25.1 Å². The molecule has 0 unspecified atom stereocenters. The summed E-state index contributed by atoms with van der Waals surface area (Å²) in [6, 6.07) is 17.4. The summed E-state index contributed by atoms with van der Waals surface area (Å²) in [4.78, 5) is 22.9.